The number of hydrogen-bond acceptors (Lipinski definition) is 4. The summed E-state index contributed by atoms with van der Waals surface area (Å²) >= 11 is 1.22. The number of benzene rings is 2. The summed E-state index contributed by atoms with van der Waals surface area (Å²) in [4.78, 5) is 26.3. The summed E-state index contributed by atoms with van der Waals surface area (Å²) in [6, 6.07) is 16.8. The van der Waals surface area contributed by atoms with Crippen molar-refractivity contribution in [3.05, 3.63) is 82.5 Å². The maximum absolute atomic E-state index is 13.4. The fourth-order valence-corrected chi connectivity index (χ4v) is 4.00. The summed E-state index contributed by atoms with van der Waals surface area (Å²) in [5.74, 6) is -0.832. The first-order valence-corrected chi connectivity index (χ1v) is 10.1. The van der Waals surface area contributed by atoms with Crippen molar-refractivity contribution in [1.29, 1.82) is 0 Å². The first-order chi connectivity index (χ1) is 14.3. The van der Waals surface area contributed by atoms with Crippen molar-refractivity contribution < 1.29 is 14.0 Å². The topological polar surface area (TPSA) is 86.9 Å². The van der Waals surface area contributed by atoms with Gasteiger partial charge in [0.15, 0.2) is 0 Å². The van der Waals surface area contributed by atoms with Crippen molar-refractivity contribution in [3.63, 3.8) is 0 Å². The summed E-state index contributed by atoms with van der Waals surface area (Å²) in [7, 11) is 0. The van der Waals surface area contributed by atoms with Crippen LogP contribution in [0.2, 0.25) is 0 Å². The van der Waals surface area contributed by atoms with Gasteiger partial charge in [-0.15, -0.1) is 11.3 Å². The predicted molar refractivity (Wildman–Crippen MR) is 115 cm³/mol. The van der Waals surface area contributed by atoms with E-state index in [1.54, 1.807) is 6.07 Å². The van der Waals surface area contributed by atoms with Crippen LogP contribution in [0.3, 0.4) is 0 Å². The molecule has 3 N–H and O–H groups in total. The van der Waals surface area contributed by atoms with Crippen LogP contribution < -0.4 is 10.6 Å². The van der Waals surface area contributed by atoms with Crippen LogP contribution in [0, 0.1) is 5.82 Å². The SMILES string of the molecule is CC(C)(NC(=O)c1cc2c(NC(=O)c3cccc(F)c3)[nH]nc2s1)c1ccccc1. The van der Waals surface area contributed by atoms with E-state index in [2.05, 4.69) is 20.8 Å². The second kappa shape index (κ2) is 7.72. The highest BCUT2D eigenvalue weighted by Crippen LogP contribution is 2.30. The molecule has 4 rings (SSSR count). The van der Waals surface area contributed by atoms with E-state index in [1.165, 1.54) is 29.5 Å². The second-order valence-corrected chi connectivity index (χ2v) is 8.37. The minimum atomic E-state index is -0.555. The molecular weight excluding hydrogens is 403 g/mol. The third kappa shape index (κ3) is 3.95. The van der Waals surface area contributed by atoms with E-state index >= 15 is 0 Å². The Hall–Kier alpha value is -3.52. The minimum Gasteiger partial charge on any atom is -0.342 e. The highest BCUT2D eigenvalue weighted by molar-refractivity contribution is 7.20. The van der Waals surface area contributed by atoms with Gasteiger partial charge in [-0.25, -0.2) is 4.39 Å². The lowest BCUT2D eigenvalue weighted by molar-refractivity contribution is 0.0915. The second-order valence-electron chi connectivity index (χ2n) is 7.34. The van der Waals surface area contributed by atoms with Gasteiger partial charge in [0.1, 0.15) is 16.5 Å². The molecule has 2 amide bonds. The number of nitrogens with zero attached hydrogens (tertiary/aromatic N) is 1. The molecule has 2 aromatic carbocycles. The van der Waals surface area contributed by atoms with Gasteiger partial charge in [0.25, 0.3) is 11.8 Å². The number of thiophene rings is 1. The molecule has 0 spiro atoms. The zero-order valence-electron chi connectivity index (χ0n) is 16.3. The third-order valence-corrected chi connectivity index (χ3v) is 5.75. The van der Waals surface area contributed by atoms with Crippen molar-refractivity contribution in [2.24, 2.45) is 0 Å². The van der Waals surface area contributed by atoms with Crippen molar-refractivity contribution in [1.82, 2.24) is 15.5 Å². The fraction of sp³-hybridized carbons (Fsp3) is 0.136. The minimum absolute atomic E-state index is 0.190. The van der Waals surface area contributed by atoms with Crippen molar-refractivity contribution in [3.8, 4) is 0 Å². The lowest BCUT2D eigenvalue weighted by Gasteiger charge is -2.26. The zero-order chi connectivity index (χ0) is 21.3. The van der Waals surface area contributed by atoms with Crippen molar-refractivity contribution in [2.45, 2.75) is 19.4 Å². The number of carbonyl (C=O) groups excluding carboxylic acids is 2. The Morgan fingerprint density at radius 2 is 1.80 bits per heavy atom. The number of fused-ring (bicyclic) bond motifs is 1. The van der Waals surface area contributed by atoms with E-state index in [4.69, 9.17) is 0 Å². The zero-order valence-corrected chi connectivity index (χ0v) is 17.1. The number of aromatic nitrogens is 2. The number of aromatic amines is 1. The highest BCUT2D eigenvalue weighted by atomic mass is 32.1. The predicted octanol–water partition coefficient (Wildman–Crippen LogP) is 4.68. The van der Waals surface area contributed by atoms with Crippen LogP contribution in [0.1, 0.15) is 39.4 Å². The molecule has 0 bridgehead atoms. The smallest absolute Gasteiger partial charge is 0.262 e. The Kier molecular flexibility index (Phi) is 5.09. The van der Waals surface area contributed by atoms with Gasteiger partial charge < -0.3 is 10.6 Å². The van der Waals surface area contributed by atoms with E-state index in [0.717, 1.165) is 11.6 Å². The summed E-state index contributed by atoms with van der Waals surface area (Å²) in [6.07, 6.45) is 0. The van der Waals surface area contributed by atoms with Gasteiger partial charge in [0.2, 0.25) is 0 Å². The number of amides is 2. The fourth-order valence-electron chi connectivity index (χ4n) is 3.11. The average molecular weight is 422 g/mol. The van der Waals surface area contributed by atoms with Gasteiger partial charge in [-0.2, -0.15) is 5.10 Å². The number of hydrogen-bond donors (Lipinski definition) is 3. The molecule has 0 aliphatic heterocycles. The summed E-state index contributed by atoms with van der Waals surface area (Å²) < 4.78 is 13.4. The number of halogens is 1. The molecule has 0 saturated carbocycles. The number of rotatable bonds is 5. The molecule has 0 saturated heterocycles. The van der Waals surface area contributed by atoms with Crippen LogP contribution in [0.4, 0.5) is 10.2 Å². The molecule has 0 unspecified atom stereocenters. The first kappa shape index (κ1) is 19.8. The van der Waals surface area contributed by atoms with E-state index in [0.29, 0.717) is 20.9 Å². The molecule has 0 fully saturated rings. The Morgan fingerprint density at radius 3 is 2.53 bits per heavy atom. The lowest BCUT2D eigenvalue weighted by atomic mass is 9.94. The van der Waals surface area contributed by atoms with Gasteiger partial charge in [-0.05, 0) is 43.7 Å². The van der Waals surface area contributed by atoms with Crippen molar-refractivity contribution >= 4 is 39.2 Å². The third-order valence-electron chi connectivity index (χ3n) is 4.72. The number of carbonyl (C=O) groups is 2. The average Bonchev–Trinajstić information content (AvgIpc) is 3.30. The molecule has 0 atom stereocenters. The standard InChI is InChI=1S/C22H19FN4O2S/c1-22(2,14-8-4-3-5-9-14)25-20(29)17-12-16-18(26-27-21(16)30-17)24-19(28)13-7-6-10-15(23)11-13/h3-12H,1-2H3,(H,25,29)(H2,24,26,27,28). The monoisotopic (exact) mass is 422 g/mol. The molecule has 30 heavy (non-hydrogen) atoms. The number of H-pyrrole nitrogens is 1. The Morgan fingerprint density at radius 1 is 1.03 bits per heavy atom. The molecule has 0 radical (unpaired) electrons. The number of anilines is 1. The van der Waals surface area contributed by atoms with Crippen molar-refractivity contribution in [2.75, 3.05) is 5.32 Å². The molecule has 2 heterocycles. The largest absolute Gasteiger partial charge is 0.342 e. The molecule has 6 nitrogen and oxygen atoms in total. The lowest BCUT2D eigenvalue weighted by Crippen LogP contribution is -2.40. The van der Waals surface area contributed by atoms with Crippen LogP contribution in [0.5, 0.6) is 0 Å². The van der Waals surface area contributed by atoms with E-state index in [-0.39, 0.29) is 11.5 Å². The van der Waals surface area contributed by atoms with Gasteiger partial charge in [0.05, 0.1) is 15.8 Å². The summed E-state index contributed by atoms with van der Waals surface area (Å²) in [5.41, 5.74) is 0.624. The summed E-state index contributed by atoms with van der Waals surface area (Å²) in [6.45, 7) is 3.87. The van der Waals surface area contributed by atoms with Gasteiger partial charge in [-0.3, -0.25) is 14.7 Å². The van der Waals surface area contributed by atoms with E-state index < -0.39 is 17.3 Å². The van der Waals surface area contributed by atoms with E-state index in [1.807, 2.05) is 44.2 Å². The maximum atomic E-state index is 13.4. The van der Waals surface area contributed by atoms with Gasteiger partial charge in [-0.1, -0.05) is 36.4 Å². The van der Waals surface area contributed by atoms with Crippen LogP contribution in [0.25, 0.3) is 10.2 Å². The first-order valence-electron chi connectivity index (χ1n) is 9.26. The summed E-state index contributed by atoms with van der Waals surface area (Å²) in [5, 5.41) is 13.3. The van der Waals surface area contributed by atoms with Gasteiger partial charge >= 0.3 is 0 Å². The molecule has 152 valence electrons. The Labute approximate surface area is 176 Å². The molecule has 0 aliphatic carbocycles. The van der Waals surface area contributed by atoms with E-state index in [9.17, 15) is 14.0 Å². The Bertz CT molecular complexity index is 1230. The van der Waals surface area contributed by atoms with Crippen LogP contribution in [0.15, 0.2) is 60.7 Å². The molecule has 4 aromatic rings. The quantitative estimate of drug-likeness (QED) is 0.436. The molecule has 8 heteroatoms. The molecule has 0 aliphatic rings. The van der Waals surface area contributed by atoms with Gasteiger partial charge in [0, 0.05) is 5.56 Å². The Balaban J connectivity index is 1.54. The maximum Gasteiger partial charge on any atom is 0.262 e. The molecule has 2 aromatic heterocycles. The number of nitrogens with one attached hydrogen (secondary N) is 3. The van der Waals surface area contributed by atoms with Crippen LogP contribution in [-0.2, 0) is 5.54 Å². The van der Waals surface area contributed by atoms with Crippen LogP contribution >= 0.6 is 11.3 Å². The van der Waals surface area contributed by atoms with Crippen LogP contribution in [-0.4, -0.2) is 22.0 Å². The molecular formula is C22H19FN4O2S. The normalized spacial score (nSPS) is 11.4. The highest BCUT2D eigenvalue weighted by Gasteiger charge is 2.25.